The molecule has 0 heterocycles. The average Bonchev–Trinajstić information content (AvgIpc) is 2.28. The van der Waals surface area contributed by atoms with Crippen molar-refractivity contribution in [3.8, 4) is 0 Å². The number of aliphatic carboxylic acids is 1. The van der Waals surface area contributed by atoms with Crippen LogP contribution in [-0.2, 0) is 16.0 Å². The first-order valence-corrected chi connectivity index (χ1v) is 6.71. The summed E-state index contributed by atoms with van der Waals surface area (Å²) in [6, 6.07) is 6.55. The maximum atomic E-state index is 11.7. The Bertz CT molecular complexity index is 493. The van der Waals surface area contributed by atoms with Crippen LogP contribution in [0, 0.1) is 0 Å². The van der Waals surface area contributed by atoms with Gasteiger partial charge in [-0.2, -0.15) is 0 Å². The van der Waals surface area contributed by atoms with E-state index in [2.05, 4.69) is 5.32 Å². The van der Waals surface area contributed by atoms with Crippen molar-refractivity contribution in [2.24, 2.45) is 0 Å². The van der Waals surface area contributed by atoms with Crippen molar-refractivity contribution in [3.63, 3.8) is 0 Å². The van der Waals surface area contributed by atoms with Gasteiger partial charge >= 0.3 is 12.1 Å². The lowest BCUT2D eigenvalue weighted by Crippen LogP contribution is -2.41. The van der Waals surface area contributed by atoms with Crippen LogP contribution in [0.2, 0.25) is 0 Å². The normalized spacial score (nSPS) is 12.5. The molecule has 112 valence electrons. The molecule has 0 saturated carbocycles. The predicted molar refractivity (Wildman–Crippen MR) is 80.9 cm³/mol. The maximum Gasteiger partial charge on any atom is 0.407 e. The third-order valence-electron chi connectivity index (χ3n) is 2.60. The van der Waals surface area contributed by atoms with E-state index in [0.717, 1.165) is 5.56 Å². The lowest BCUT2D eigenvalue weighted by Gasteiger charge is -2.23. The molecule has 0 spiro atoms. The number of hydrogen-bond donors (Lipinski definition) is 2. The molecule has 2 N–H and O–H groups in total. The SMILES string of the molecule is [B]c1ccc(C[C@H](CC(=O)O)NC(=O)OC(C)(C)C)cc1. The van der Waals surface area contributed by atoms with Crippen LogP contribution in [0.1, 0.15) is 32.8 Å². The van der Waals surface area contributed by atoms with Crippen LogP contribution in [0.4, 0.5) is 4.79 Å². The fraction of sp³-hybridized carbons (Fsp3) is 0.467. The zero-order chi connectivity index (χ0) is 16.0. The molecule has 1 aromatic rings. The monoisotopic (exact) mass is 289 g/mol. The summed E-state index contributed by atoms with van der Waals surface area (Å²) in [4.78, 5) is 22.7. The number of nitrogens with one attached hydrogen (secondary N) is 1. The first-order chi connectivity index (χ1) is 9.65. The molecule has 1 aromatic carbocycles. The highest BCUT2D eigenvalue weighted by Crippen LogP contribution is 2.09. The largest absolute Gasteiger partial charge is 0.481 e. The number of hydrogen-bond acceptors (Lipinski definition) is 3. The van der Waals surface area contributed by atoms with Crippen molar-refractivity contribution >= 4 is 25.4 Å². The number of ether oxygens (including phenoxy) is 1. The van der Waals surface area contributed by atoms with Crippen molar-refractivity contribution < 1.29 is 19.4 Å². The minimum atomic E-state index is -0.980. The van der Waals surface area contributed by atoms with Gasteiger partial charge in [0.2, 0.25) is 0 Å². The van der Waals surface area contributed by atoms with E-state index in [1.54, 1.807) is 45.0 Å². The van der Waals surface area contributed by atoms with Crippen molar-refractivity contribution in [1.29, 1.82) is 0 Å². The Balaban J connectivity index is 2.69. The Morgan fingerprint density at radius 2 is 1.86 bits per heavy atom. The number of benzene rings is 1. The van der Waals surface area contributed by atoms with Gasteiger partial charge in [-0.1, -0.05) is 29.7 Å². The molecule has 0 saturated heterocycles. The van der Waals surface area contributed by atoms with E-state index in [0.29, 0.717) is 11.9 Å². The van der Waals surface area contributed by atoms with Gasteiger partial charge in [0.25, 0.3) is 0 Å². The highest BCUT2D eigenvalue weighted by atomic mass is 16.6. The number of alkyl carbamates (subject to hydrolysis) is 1. The first kappa shape index (κ1) is 17.1. The fourth-order valence-corrected chi connectivity index (χ4v) is 1.80. The summed E-state index contributed by atoms with van der Waals surface area (Å²) in [6.45, 7) is 5.25. The zero-order valence-corrected chi connectivity index (χ0v) is 12.6. The van der Waals surface area contributed by atoms with Crippen LogP contribution in [0.5, 0.6) is 0 Å². The number of carboxylic acid groups (broad SMARTS) is 1. The molecule has 0 fully saturated rings. The molecule has 21 heavy (non-hydrogen) atoms. The first-order valence-electron chi connectivity index (χ1n) is 6.71. The predicted octanol–water partition coefficient (Wildman–Crippen LogP) is 1.39. The smallest absolute Gasteiger partial charge is 0.407 e. The van der Waals surface area contributed by atoms with Gasteiger partial charge in [0.1, 0.15) is 13.4 Å². The molecule has 2 radical (unpaired) electrons. The second-order valence-electron chi connectivity index (χ2n) is 5.89. The third-order valence-corrected chi connectivity index (χ3v) is 2.60. The summed E-state index contributed by atoms with van der Waals surface area (Å²) in [6.07, 6.45) is -0.403. The second-order valence-corrected chi connectivity index (χ2v) is 5.89. The minimum Gasteiger partial charge on any atom is -0.481 e. The van der Waals surface area contributed by atoms with Crippen LogP contribution in [-0.4, -0.2) is 36.7 Å². The number of rotatable bonds is 5. The van der Waals surface area contributed by atoms with E-state index in [1.165, 1.54) is 0 Å². The molecule has 1 rings (SSSR count). The second kappa shape index (κ2) is 7.15. The topological polar surface area (TPSA) is 75.6 Å². The van der Waals surface area contributed by atoms with E-state index < -0.39 is 23.7 Å². The molecule has 1 amide bonds. The zero-order valence-electron chi connectivity index (χ0n) is 12.6. The molecule has 5 nitrogen and oxygen atoms in total. The quantitative estimate of drug-likeness (QED) is 0.803. The maximum absolute atomic E-state index is 11.7. The molecular formula is C15H20BNO4. The highest BCUT2D eigenvalue weighted by Gasteiger charge is 2.21. The third kappa shape index (κ3) is 7.39. The molecule has 0 aromatic heterocycles. The van der Waals surface area contributed by atoms with Crippen LogP contribution in [0.3, 0.4) is 0 Å². The van der Waals surface area contributed by atoms with Gasteiger partial charge in [-0.25, -0.2) is 4.79 Å². The summed E-state index contributed by atoms with van der Waals surface area (Å²) in [7, 11) is 5.60. The summed E-state index contributed by atoms with van der Waals surface area (Å²) in [5.41, 5.74) is 0.902. The van der Waals surface area contributed by atoms with Gasteiger partial charge in [0.05, 0.1) is 6.42 Å². The van der Waals surface area contributed by atoms with E-state index >= 15 is 0 Å². The highest BCUT2D eigenvalue weighted by molar-refractivity contribution is 6.32. The Hall–Kier alpha value is -1.98. The molecule has 0 unspecified atom stereocenters. The number of carboxylic acids is 1. The van der Waals surface area contributed by atoms with E-state index in [4.69, 9.17) is 17.7 Å². The summed E-state index contributed by atoms with van der Waals surface area (Å²) >= 11 is 0. The number of carbonyl (C=O) groups is 2. The van der Waals surface area contributed by atoms with E-state index in [-0.39, 0.29) is 6.42 Å². The summed E-state index contributed by atoms with van der Waals surface area (Å²) in [5, 5.41) is 11.5. The number of carbonyl (C=O) groups excluding carboxylic acids is 1. The van der Waals surface area contributed by atoms with Gasteiger partial charge < -0.3 is 15.2 Å². The molecule has 1 atom stereocenters. The van der Waals surface area contributed by atoms with Gasteiger partial charge in [0.15, 0.2) is 0 Å². The molecular weight excluding hydrogens is 269 g/mol. The van der Waals surface area contributed by atoms with E-state index in [1.807, 2.05) is 0 Å². The van der Waals surface area contributed by atoms with E-state index in [9.17, 15) is 9.59 Å². The summed E-state index contributed by atoms with van der Waals surface area (Å²) < 4.78 is 5.14. The van der Waals surface area contributed by atoms with Crippen molar-refractivity contribution in [2.45, 2.75) is 45.3 Å². The number of amides is 1. The molecule has 0 aliphatic carbocycles. The van der Waals surface area contributed by atoms with Crippen LogP contribution in [0.25, 0.3) is 0 Å². The Kier molecular flexibility index (Phi) is 5.82. The molecule has 0 aliphatic heterocycles. The van der Waals surface area contributed by atoms with Crippen molar-refractivity contribution in [1.82, 2.24) is 5.32 Å². The average molecular weight is 289 g/mol. The van der Waals surface area contributed by atoms with Gasteiger partial charge in [-0.05, 0) is 32.8 Å². The van der Waals surface area contributed by atoms with Gasteiger partial charge in [-0.15, -0.1) is 0 Å². The minimum absolute atomic E-state index is 0.177. The van der Waals surface area contributed by atoms with Crippen molar-refractivity contribution in [2.75, 3.05) is 0 Å². The summed E-state index contributed by atoms with van der Waals surface area (Å²) in [5.74, 6) is -0.980. The molecule has 0 bridgehead atoms. The fourth-order valence-electron chi connectivity index (χ4n) is 1.80. The van der Waals surface area contributed by atoms with Gasteiger partial charge in [-0.3, -0.25) is 4.79 Å². The van der Waals surface area contributed by atoms with Crippen molar-refractivity contribution in [3.05, 3.63) is 29.8 Å². The van der Waals surface area contributed by atoms with Crippen LogP contribution < -0.4 is 10.8 Å². The molecule has 0 aliphatic rings. The Morgan fingerprint density at radius 3 is 2.33 bits per heavy atom. The van der Waals surface area contributed by atoms with Gasteiger partial charge in [0, 0.05) is 6.04 Å². The lowest BCUT2D eigenvalue weighted by molar-refractivity contribution is -0.137. The Morgan fingerprint density at radius 1 is 1.29 bits per heavy atom. The van der Waals surface area contributed by atoms with Crippen LogP contribution >= 0.6 is 0 Å². The molecule has 6 heteroatoms. The Labute approximate surface area is 126 Å². The van der Waals surface area contributed by atoms with Crippen LogP contribution in [0.15, 0.2) is 24.3 Å². The lowest BCUT2D eigenvalue weighted by atomic mass is 9.93. The standard InChI is InChI=1S/C15H20BNO4/c1-15(2,3)21-14(20)17-12(9-13(18)19)8-10-4-6-11(16)7-5-10/h4-7,12H,8-9H2,1-3H3,(H,17,20)(H,18,19)/t12-/m1/s1.